The number of rotatable bonds is 5. The molecule has 0 saturated carbocycles. The monoisotopic (exact) mass is 276 g/mol. The topological polar surface area (TPSA) is 89.3 Å². The van der Waals surface area contributed by atoms with Gasteiger partial charge in [-0.25, -0.2) is 0 Å². The van der Waals surface area contributed by atoms with E-state index in [0.717, 1.165) is 11.1 Å². The van der Waals surface area contributed by atoms with Crippen LogP contribution in [-0.2, 0) is 23.0 Å². The maximum absolute atomic E-state index is 10.7. The molecule has 4 nitrogen and oxygen atoms in total. The fraction of sp³-hybridized carbons (Fsp3) is 0.364. The summed E-state index contributed by atoms with van der Waals surface area (Å²) in [7, 11) is 0. The Hall–Kier alpha value is -0.970. The molecule has 0 bridgehead atoms. The Morgan fingerprint density at radius 3 is 2.35 bits per heavy atom. The minimum absolute atomic E-state index is 0.174. The minimum Gasteiger partial charge on any atom is -0.480 e. The third-order valence-electron chi connectivity index (χ3n) is 2.58. The molecule has 0 spiro atoms. The number of nitrogens with two attached hydrogens (primary N) is 2. The number of hydrogen-bond donors (Lipinski definition) is 3. The summed E-state index contributed by atoms with van der Waals surface area (Å²) >= 11 is 11.6. The van der Waals surface area contributed by atoms with Gasteiger partial charge in [-0.2, -0.15) is 0 Å². The predicted molar refractivity (Wildman–Crippen MR) is 69.3 cm³/mol. The number of benzene rings is 1. The lowest BCUT2D eigenvalue weighted by Gasteiger charge is -2.14. The third-order valence-corrected chi connectivity index (χ3v) is 3.13. The molecule has 1 rings (SSSR count). The van der Waals surface area contributed by atoms with Crippen LogP contribution in [0.3, 0.4) is 0 Å². The van der Waals surface area contributed by atoms with Gasteiger partial charge in [0, 0.05) is 23.9 Å². The molecule has 5 N–H and O–H groups in total. The van der Waals surface area contributed by atoms with Crippen molar-refractivity contribution in [2.24, 2.45) is 5.73 Å². The number of carboxylic acids is 1. The highest BCUT2D eigenvalue weighted by atomic mass is 35.5. The lowest BCUT2D eigenvalue weighted by Crippen LogP contribution is -2.32. The van der Waals surface area contributed by atoms with Crippen molar-refractivity contribution in [3.8, 4) is 0 Å². The molecule has 1 atom stereocenters. The molecular weight excluding hydrogens is 263 g/mol. The third kappa shape index (κ3) is 3.25. The quantitative estimate of drug-likeness (QED) is 0.564. The zero-order valence-corrected chi connectivity index (χ0v) is 10.6. The van der Waals surface area contributed by atoms with Gasteiger partial charge in [0.25, 0.3) is 0 Å². The molecule has 0 fully saturated rings. The van der Waals surface area contributed by atoms with E-state index >= 15 is 0 Å². The molecule has 0 aromatic heterocycles. The van der Waals surface area contributed by atoms with Crippen LogP contribution < -0.4 is 11.5 Å². The second-order valence-electron chi connectivity index (χ2n) is 3.69. The van der Waals surface area contributed by atoms with Gasteiger partial charge in [-0.3, -0.25) is 4.79 Å². The average molecular weight is 277 g/mol. The van der Waals surface area contributed by atoms with E-state index in [9.17, 15) is 4.79 Å². The first kappa shape index (κ1) is 14.1. The van der Waals surface area contributed by atoms with Gasteiger partial charge in [0.15, 0.2) is 0 Å². The van der Waals surface area contributed by atoms with E-state index in [1.807, 2.05) is 0 Å². The Balaban J connectivity index is 3.06. The van der Waals surface area contributed by atoms with Crippen molar-refractivity contribution in [1.29, 1.82) is 0 Å². The van der Waals surface area contributed by atoms with Crippen molar-refractivity contribution < 1.29 is 9.90 Å². The molecular formula is C11H14Cl2N2O2. The Labute approximate surface area is 109 Å². The van der Waals surface area contributed by atoms with E-state index in [4.69, 9.17) is 39.8 Å². The zero-order valence-electron chi connectivity index (χ0n) is 9.12. The number of halogens is 2. The second kappa shape index (κ2) is 6.10. The summed E-state index contributed by atoms with van der Waals surface area (Å²) in [6, 6.07) is 2.57. The fourth-order valence-corrected chi connectivity index (χ4v) is 2.11. The first-order valence-corrected chi connectivity index (χ1v) is 6.07. The highest BCUT2D eigenvalue weighted by molar-refractivity contribution is 6.19. The van der Waals surface area contributed by atoms with Gasteiger partial charge in [0.1, 0.15) is 6.04 Å². The molecule has 0 radical (unpaired) electrons. The Bertz CT molecular complexity index is 424. The van der Waals surface area contributed by atoms with Crippen molar-refractivity contribution in [2.45, 2.75) is 24.2 Å². The standard InChI is InChI=1S/C11H14Cl2N2O2/c12-4-7-2-1-6(3-9(14)11(16)17)10(15)8(7)5-13/h1-2,9H,3-5,14-15H2,(H,16,17). The molecule has 0 aliphatic heterocycles. The van der Waals surface area contributed by atoms with E-state index in [2.05, 4.69) is 0 Å². The summed E-state index contributed by atoms with van der Waals surface area (Å²) < 4.78 is 0. The zero-order chi connectivity index (χ0) is 13.0. The molecule has 1 aromatic rings. The number of aliphatic carboxylic acids is 1. The first-order valence-electron chi connectivity index (χ1n) is 5.00. The van der Waals surface area contributed by atoms with Gasteiger partial charge in [-0.1, -0.05) is 12.1 Å². The van der Waals surface area contributed by atoms with Crippen molar-refractivity contribution in [1.82, 2.24) is 0 Å². The fourth-order valence-electron chi connectivity index (χ4n) is 1.54. The molecule has 0 saturated heterocycles. The van der Waals surface area contributed by atoms with Gasteiger partial charge in [-0.05, 0) is 16.7 Å². The van der Waals surface area contributed by atoms with Gasteiger partial charge in [0.2, 0.25) is 0 Å². The predicted octanol–water partition coefficient (Wildman–Crippen LogP) is 1.70. The normalized spacial score (nSPS) is 12.4. The largest absolute Gasteiger partial charge is 0.480 e. The maximum Gasteiger partial charge on any atom is 0.320 e. The van der Waals surface area contributed by atoms with Crippen molar-refractivity contribution >= 4 is 34.9 Å². The van der Waals surface area contributed by atoms with Crippen molar-refractivity contribution in [2.75, 3.05) is 5.73 Å². The van der Waals surface area contributed by atoms with Crippen molar-refractivity contribution in [3.05, 3.63) is 28.8 Å². The lowest BCUT2D eigenvalue weighted by molar-refractivity contribution is -0.138. The Morgan fingerprint density at radius 2 is 1.88 bits per heavy atom. The lowest BCUT2D eigenvalue weighted by atomic mass is 9.98. The van der Waals surface area contributed by atoms with E-state index in [1.54, 1.807) is 12.1 Å². The summed E-state index contributed by atoms with van der Waals surface area (Å²) in [5.74, 6) is -0.500. The molecule has 0 aliphatic carbocycles. The maximum atomic E-state index is 10.7. The summed E-state index contributed by atoms with van der Waals surface area (Å²) in [5, 5.41) is 8.75. The summed E-state index contributed by atoms with van der Waals surface area (Å²) in [6.45, 7) is 0. The van der Waals surface area contributed by atoms with Gasteiger partial charge in [0.05, 0.1) is 0 Å². The number of nitrogen functional groups attached to an aromatic ring is 1. The van der Waals surface area contributed by atoms with Crippen LogP contribution in [0.5, 0.6) is 0 Å². The highest BCUT2D eigenvalue weighted by Gasteiger charge is 2.16. The van der Waals surface area contributed by atoms with Crippen LogP contribution in [0.1, 0.15) is 16.7 Å². The van der Waals surface area contributed by atoms with E-state index in [-0.39, 0.29) is 12.3 Å². The minimum atomic E-state index is -1.06. The molecule has 17 heavy (non-hydrogen) atoms. The molecule has 6 heteroatoms. The Morgan fingerprint density at radius 1 is 1.29 bits per heavy atom. The summed E-state index contributed by atoms with van der Waals surface area (Å²) in [4.78, 5) is 10.7. The first-order chi connectivity index (χ1) is 8.01. The molecule has 0 aliphatic rings. The van der Waals surface area contributed by atoms with Crippen molar-refractivity contribution in [3.63, 3.8) is 0 Å². The average Bonchev–Trinajstić information content (AvgIpc) is 2.31. The van der Waals surface area contributed by atoms with Crippen LogP contribution in [-0.4, -0.2) is 17.1 Å². The van der Waals surface area contributed by atoms with E-state index in [1.165, 1.54) is 0 Å². The molecule has 94 valence electrons. The smallest absolute Gasteiger partial charge is 0.320 e. The van der Waals surface area contributed by atoms with Crippen LogP contribution in [0.4, 0.5) is 5.69 Å². The number of carbonyl (C=O) groups is 1. The molecule has 1 unspecified atom stereocenters. The number of carboxylic acid groups (broad SMARTS) is 1. The van der Waals surface area contributed by atoms with Crippen LogP contribution in [0.15, 0.2) is 12.1 Å². The van der Waals surface area contributed by atoms with Crippen LogP contribution in [0, 0.1) is 0 Å². The molecule has 0 amide bonds. The number of alkyl halides is 2. The van der Waals surface area contributed by atoms with Crippen LogP contribution in [0.2, 0.25) is 0 Å². The van der Waals surface area contributed by atoms with E-state index < -0.39 is 12.0 Å². The number of anilines is 1. The molecule has 1 aromatic carbocycles. The SMILES string of the molecule is Nc1c(CC(N)C(=O)O)ccc(CCl)c1CCl. The van der Waals surface area contributed by atoms with Gasteiger partial charge >= 0.3 is 5.97 Å². The summed E-state index contributed by atoms with van der Waals surface area (Å²) in [5.41, 5.74) is 14.2. The Kier molecular flexibility index (Phi) is 5.05. The van der Waals surface area contributed by atoms with E-state index in [0.29, 0.717) is 17.1 Å². The summed E-state index contributed by atoms with van der Waals surface area (Å²) in [6.07, 6.45) is 0.174. The second-order valence-corrected chi connectivity index (χ2v) is 4.23. The molecule has 0 heterocycles. The number of hydrogen-bond acceptors (Lipinski definition) is 3. The highest BCUT2D eigenvalue weighted by Crippen LogP contribution is 2.25. The van der Waals surface area contributed by atoms with Crippen LogP contribution >= 0.6 is 23.2 Å². The van der Waals surface area contributed by atoms with Crippen LogP contribution in [0.25, 0.3) is 0 Å². The van der Waals surface area contributed by atoms with Gasteiger partial charge in [-0.15, -0.1) is 23.2 Å². The van der Waals surface area contributed by atoms with Gasteiger partial charge < -0.3 is 16.6 Å².